The van der Waals surface area contributed by atoms with Gasteiger partial charge in [0, 0.05) is 36.7 Å². The van der Waals surface area contributed by atoms with E-state index in [4.69, 9.17) is 4.74 Å². The molecule has 0 aliphatic carbocycles. The van der Waals surface area contributed by atoms with Crippen molar-refractivity contribution in [1.29, 1.82) is 0 Å². The summed E-state index contributed by atoms with van der Waals surface area (Å²) in [5, 5.41) is 3.19. The Kier molecular flexibility index (Phi) is 9.70. The van der Waals surface area contributed by atoms with Gasteiger partial charge in [0.2, 0.25) is 0 Å². The van der Waals surface area contributed by atoms with Crippen LogP contribution in [-0.2, 0) is 16.1 Å². The van der Waals surface area contributed by atoms with Gasteiger partial charge >= 0.3 is 5.97 Å². The molecule has 0 bridgehead atoms. The minimum atomic E-state index is -0.256. The number of likely N-dealkylation sites (tertiary alicyclic amines) is 1. The minimum absolute atomic E-state index is 0. The molecular formula is C17H24BrFIN3O2. The number of hydrogen-bond donors (Lipinski definition) is 1. The average molecular weight is 528 g/mol. The quantitative estimate of drug-likeness (QED) is 0.281. The van der Waals surface area contributed by atoms with E-state index < -0.39 is 0 Å². The number of carbonyl (C=O) groups is 1. The first-order valence-electron chi connectivity index (χ1n) is 8.11. The van der Waals surface area contributed by atoms with Crippen LogP contribution >= 0.6 is 39.9 Å². The van der Waals surface area contributed by atoms with E-state index in [1.165, 1.54) is 6.07 Å². The summed E-state index contributed by atoms with van der Waals surface area (Å²) in [6.07, 6.45) is 1.48. The molecule has 1 aromatic rings. The number of nitrogens with zero attached hydrogens (tertiary/aromatic N) is 2. The van der Waals surface area contributed by atoms with Crippen LogP contribution in [0.25, 0.3) is 0 Å². The lowest BCUT2D eigenvalue weighted by Crippen LogP contribution is -2.46. The second kappa shape index (κ2) is 10.9. The topological polar surface area (TPSA) is 53.9 Å². The van der Waals surface area contributed by atoms with E-state index in [-0.39, 0.29) is 41.7 Å². The summed E-state index contributed by atoms with van der Waals surface area (Å²) in [5.41, 5.74) is 0.584. The summed E-state index contributed by atoms with van der Waals surface area (Å²) < 4.78 is 19.7. The van der Waals surface area contributed by atoms with Crippen LogP contribution in [0.15, 0.2) is 27.7 Å². The predicted octanol–water partition coefficient (Wildman–Crippen LogP) is 3.56. The lowest BCUT2D eigenvalue weighted by molar-refractivity contribution is -0.149. The first-order valence-corrected chi connectivity index (χ1v) is 8.90. The standard InChI is InChI=1S/C17H23BrFN3O2.HI/c1-3-24-16(23)12-6-8-22(9-7-12)17(20-2)21-11-13-4-5-14(18)10-15(13)19;/h4-5,10,12H,3,6-9,11H2,1-2H3,(H,20,21);1H. The number of ether oxygens (including phenoxy) is 1. The fourth-order valence-corrected chi connectivity index (χ4v) is 3.09. The number of halogens is 3. The number of piperidine rings is 1. The first kappa shape index (κ1) is 22.1. The number of nitrogens with one attached hydrogen (secondary N) is 1. The Hall–Kier alpha value is -0.900. The van der Waals surface area contributed by atoms with E-state index in [0.717, 1.165) is 31.9 Å². The van der Waals surface area contributed by atoms with Crippen LogP contribution in [0.5, 0.6) is 0 Å². The predicted molar refractivity (Wildman–Crippen MR) is 111 cm³/mol. The molecule has 1 aromatic carbocycles. The number of rotatable bonds is 4. The number of hydrogen-bond acceptors (Lipinski definition) is 3. The summed E-state index contributed by atoms with van der Waals surface area (Å²) in [6, 6.07) is 5.00. The van der Waals surface area contributed by atoms with Crippen molar-refractivity contribution in [1.82, 2.24) is 10.2 Å². The van der Waals surface area contributed by atoms with Gasteiger partial charge in [-0.1, -0.05) is 22.0 Å². The molecule has 1 aliphatic rings. The van der Waals surface area contributed by atoms with E-state index in [0.29, 0.717) is 23.2 Å². The highest BCUT2D eigenvalue weighted by molar-refractivity contribution is 14.0. The SMILES string of the molecule is CCOC(=O)C1CCN(C(=NC)NCc2ccc(Br)cc2F)CC1.I. The number of carbonyl (C=O) groups excluding carboxylic acids is 1. The van der Waals surface area contributed by atoms with Gasteiger partial charge in [0.05, 0.1) is 12.5 Å². The summed E-state index contributed by atoms with van der Waals surface area (Å²) in [4.78, 5) is 18.1. The van der Waals surface area contributed by atoms with Crippen LogP contribution < -0.4 is 5.32 Å². The molecule has 2 rings (SSSR count). The van der Waals surface area contributed by atoms with Crippen molar-refractivity contribution in [3.63, 3.8) is 0 Å². The summed E-state index contributed by atoms with van der Waals surface area (Å²) >= 11 is 3.25. The molecule has 0 amide bonds. The number of aliphatic imine (C=N–C) groups is 1. The van der Waals surface area contributed by atoms with Crippen molar-refractivity contribution < 1.29 is 13.9 Å². The molecule has 8 heteroatoms. The van der Waals surface area contributed by atoms with Crippen molar-refractivity contribution in [2.75, 3.05) is 26.7 Å². The number of guanidine groups is 1. The second-order valence-corrected chi connectivity index (χ2v) is 6.57. The zero-order valence-electron chi connectivity index (χ0n) is 14.4. The molecule has 1 saturated heterocycles. The molecule has 1 heterocycles. The first-order chi connectivity index (χ1) is 11.5. The Morgan fingerprint density at radius 2 is 2.12 bits per heavy atom. The second-order valence-electron chi connectivity index (χ2n) is 5.65. The van der Waals surface area contributed by atoms with Gasteiger partial charge < -0.3 is 15.0 Å². The normalized spacial score (nSPS) is 15.5. The molecule has 140 valence electrons. The molecule has 1 N–H and O–H groups in total. The fourth-order valence-electron chi connectivity index (χ4n) is 2.76. The molecule has 0 spiro atoms. The molecule has 0 atom stereocenters. The van der Waals surface area contributed by atoms with E-state index in [2.05, 4.69) is 31.1 Å². The van der Waals surface area contributed by atoms with Crippen LogP contribution in [0, 0.1) is 11.7 Å². The van der Waals surface area contributed by atoms with Crippen LogP contribution in [0.3, 0.4) is 0 Å². The lowest BCUT2D eigenvalue weighted by atomic mass is 9.97. The zero-order valence-corrected chi connectivity index (χ0v) is 18.3. The van der Waals surface area contributed by atoms with Gasteiger partial charge in [-0.2, -0.15) is 0 Å². The van der Waals surface area contributed by atoms with Gasteiger partial charge in [-0.3, -0.25) is 9.79 Å². The summed E-state index contributed by atoms with van der Waals surface area (Å²) in [6.45, 7) is 4.06. The van der Waals surface area contributed by atoms with Gasteiger partial charge in [-0.05, 0) is 31.9 Å². The molecular weight excluding hydrogens is 504 g/mol. The molecule has 0 aromatic heterocycles. The van der Waals surface area contributed by atoms with E-state index >= 15 is 0 Å². The Morgan fingerprint density at radius 1 is 1.44 bits per heavy atom. The Balaban J connectivity index is 0.00000312. The van der Waals surface area contributed by atoms with E-state index in [1.807, 2.05) is 13.0 Å². The maximum Gasteiger partial charge on any atom is 0.309 e. The van der Waals surface area contributed by atoms with Crippen LogP contribution in [0.2, 0.25) is 0 Å². The van der Waals surface area contributed by atoms with Crippen molar-refractivity contribution in [3.05, 3.63) is 34.1 Å². The van der Waals surface area contributed by atoms with Gasteiger partial charge in [0.15, 0.2) is 5.96 Å². The molecule has 5 nitrogen and oxygen atoms in total. The Morgan fingerprint density at radius 3 is 2.68 bits per heavy atom. The Bertz CT molecular complexity index is 608. The number of esters is 1. The van der Waals surface area contributed by atoms with E-state index in [9.17, 15) is 9.18 Å². The molecule has 0 saturated carbocycles. The Labute approximate surface area is 173 Å². The molecule has 0 unspecified atom stereocenters. The van der Waals surface area contributed by atoms with Gasteiger partial charge in [0.25, 0.3) is 0 Å². The maximum absolute atomic E-state index is 13.9. The minimum Gasteiger partial charge on any atom is -0.466 e. The monoisotopic (exact) mass is 527 g/mol. The third kappa shape index (κ3) is 6.40. The van der Waals surface area contributed by atoms with Crippen molar-refractivity contribution >= 4 is 51.8 Å². The van der Waals surface area contributed by atoms with Crippen LogP contribution in [0.1, 0.15) is 25.3 Å². The largest absolute Gasteiger partial charge is 0.466 e. The van der Waals surface area contributed by atoms with Gasteiger partial charge in [-0.15, -0.1) is 24.0 Å². The molecule has 0 radical (unpaired) electrons. The molecule has 25 heavy (non-hydrogen) atoms. The number of benzene rings is 1. The third-order valence-corrected chi connectivity index (χ3v) is 4.57. The summed E-state index contributed by atoms with van der Waals surface area (Å²) in [5.74, 6) is 0.313. The third-order valence-electron chi connectivity index (χ3n) is 4.08. The maximum atomic E-state index is 13.9. The highest BCUT2D eigenvalue weighted by Crippen LogP contribution is 2.19. The highest BCUT2D eigenvalue weighted by Gasteiger charge is 2.27. The summed E-state index contributed by atoms with van der Waals surface area (Å²) in [7, 11) is 1.71. The van der Waals surface area contributed by atoms with E-state index in [1.54, 1.807) is 13.1 Å². The van der Waals surface area contributed by atoms with Crippen molar-refractivity contribution in [3.8, 4) is 0 Å². The highest BCUT2D eigenvalue weighted by atomic mass is 127. The van der Waals surface area contributed by atoms with Crippen LogP contribution in [-0.4, -0.2) is 43.6 Å². The zero-order chi connectivity index (χ0) is 17.5. The van der Waals surface area contributed by atoms with Crippen molar-refractivity contribution in [2.24, 2.45) is 10.9 Å². The van der Waals surface area contributed by atoms with Crippen molar-refractivity contribution in [2.45, 2.75) is 26.3 Å². The lowest BCUT2D eigenvalue weighted by Gasteiger charge is -2.33. The van der Waals surface area contributed by atoms with Gasteiger partial charge in [0.1, 0.15) is 5.82 Å². The van der Waals surface area contributed by atoms with Crippen LogP contribution in [0.4, 0.5) is 4.39 Å². The molecule has 1 fully saturated rings. The fraction of sp³-hybridized carbons (Fsp3) is 0.529. The smallest absolute Gasteiger partial charge is 0.309 e. The average Bonchev–Trinajstić information content (AvgIpc) is 2.58. The van der Waals surface area contributed by atoms with Gasteiger partial charge in [-0.25, -0.2) is 4.39 Å². The molecule has 1 aliphatic heterocycles.